The first-order valence-corrected chi connectivity index (χ1v) is 11.2. The minimum Gasteiger partial charge on any atom is -0.356 e. The normalized spacial score (nSPS) is 21.0. The fourth-order valence-electron chi connectivity index (χ4n) is 4.45. The Morgan fingerprint density at radius 3 is 2.32 bits per heavy atom. The van der Waals surface area contributed by atoms with Gasteiger partial charge >= 0.3 is 0 Å². The van der Waals surface area contributed by atoms with Crippen molar-refractivity contribution in [2.45, 2.75) is 51.6 Å². The molecule has 3 rings (SSSR count). The van der Waals surface area contributed by atoms with Gasteiger partial charge in [-0.1, -0.05) is 37.3 Å². The van der Waals surface area contributed by atoms with E-state index in [9.17, 15) is 0 Å². The zero-order chi connectivity index (χ0) is 19.6. The van der Waals surface area contributed by atoms with Crippen LogP contribution < -0.4 is 10.6 Å². The van der Waals surface area contributed by atoms with Crippen LogP contribution in [0.1, 0.15) is 44.6 Å². The molecule has 0 amide bonds. The summed E-state index contributed by atoms with van der Waals surface area (Å²) in [6.07, 6.45) is 6.32. The summed E-state index contributed by atoms with van der Waals surface area (Å²) >= 11 is 0. The number of piperidine rings is 2. The SMILES string of the molecule is CCN1CCC(CCNC(=NC)NC2CCN(Cc3ccccc3)CC2)CC1. The number of rotatable bonds is 7. The Morgan fingerprint density at radius 1 is 1.00 bits per heavy atom. The second kappa shape index (κ2) is 11.4. The fourth-order valence-corrected chi connectivity index (χ4v) is 4.45. The first-order chi connectivity index (χ1) is 13.8. The second-order valence-electron chi connectivity index (χ2n) is 8.35. The monoisotopic (exact) mass is 385 g/mol. The van der Waals surface area contributed by atoms with Crippen LogP contribution in [0.3, 0.4) is 0 Å². The quantitative estimate of drug-likeness (QED) is 0.559. The molecule has 0 saturated carbocycles. The number of hydrogen-bond acceptors (Lipinski definition) is 3. The maximum atomic E-state index is 4.45. The van der Waals surface area contributed by atoms with Gasteiger partial charge in [-0.2, -0.15) is 0 Å². The average molecular weight is 386 g/mol. The molecule has 0 atom stereocenters. The van der Waals surface area contributed by atoms with Gasteiger partial charge in [-0.05, 0) is 63.2 Å². The molecule has 156 valence electrons. The van der Waals surface area contributed by atoms with Gasteiger partial charge in [0.1, 0.15) is 0 Å². The van der Waals surface area contributed by atoms with Crippen molar-refractivity contribution in [3.05, 3.63) is 35.9 Å². The number of nitrogens with zero attached hydrogens (tertiary/aromatic N) is 3. The van der Waals surface area contributed by atoms with E-state index in [1.54, 1.807) is 0 Å². The molecular formula is C23H39N5. The molecule has 0 radical (unpaired) electrons. The maximum Gasteiger partial charge on any atom is 0.191 e. The molecule has 0 aliphatic carbocycles. The summed E-state index contributed by atoms with van der Waals surface area (Å²) in [5.74, 6) is 1.85. The van der Waals surface area contributed by atoms with Crippen LogP contribution in [0.4, 0.5) is 0 Å². The van der Waals surface area contributed by atoms with E-state index in [0.717, 1.165) is 38.1 Å². The summed E-state index contributed by atoms with van der Waals surface area (Å²) in [7, 11) is 1.89. The van der Waals surface area contributed by atoms with Crippen LogP contribution in [-0.4, -0.2) is 68.1 Å². The topological polar surface area (TPSA) is 42.9 Å². The zero-order valence-electron chi connectivity index (χ0n) is 17.9. The maximum absolute atomic E-state index is 4.45. The second-order valence-corrected chi connectivity index (χ2v) is 8.35. The zero-order valence-corrected chi connectivity index (χ0v) is 17.9. The lowest BCUT2D eigenvalue weighted by molar-refractivity contribution is 0.187. The average Bonchev–Trinajstić information content (AvgIpc) is 2.75. The van der Waals surface area contributed by atoms with Crippen LogP contribution in [0.25, 0.3) is 0 Å². The van der Waals surface area contributed by atoms with E-state index in [2.05, 4.69) is 62.7 Å². The Balaban J connectivity index is 1.31. The first-order valence-electron chi connectivity index (χ1n) is 11.2. The molecule has 2 fully saturated rings. The van der Waals surface area contributed by atoms with Gasteiger partial charge in [-0.25, -0.2) is 0 Å². The van der Waals surface area contributed by atoms with Crippen LogP contribution >= 0.6 is 0 Å². The van der Waals surface area contributed by atoms with E-state index in [-0.39, 0.29) is 0 Å². The summed E-state index contributed by atoms with van der Waals surface area (Å²) < 4.78 is 0. The molecule has 0 spiro atoms. The summed E-state index contributed by atoms with van der Waals surface area (Å²) in [5, 5.41) is 7.20. The van der Waals surface area contributed by atoms with Crippen molar-refractivity contribution >= 4 is 5.96 Å². The van der Waals surface area contributed by atoms with E-state index < -0.39 is 0 Å². The summed E-state index contributed by atoms with van der Waals surface area (Å²) in [4.78, 5) is 9.58. The summed E-state index contributed by atoms with van der Waals surface area (Å²) in [5.41, 5.74) is 1.41. The number of aliphatic imine (C=N–C) groups is 1. The number of guanidine groups is 1. The predicted molar refractivity (Wildman–Crippen MR) is 119 cm³/mol. The third-order valence-corrected chi connectivity index (χ3v) is 6.40. The lowest BCUT2D eigenvalue weighted by Gasteiger charge is -2.33. The van der Waals surface area contributed by atoms with Crippen molar-refractivity contribution in [3.8, 4) is 0 Å². The molecule has 2 aliphatic rings. The van der Waals surface area contributed by atoms with Crippen molar-refractivity contribution in [1.82, 2.24) is 20.4 Å². The Hall–Kier alpha value is -1.59. The van der Waals surface area contributed by atoms with Crippen LogP contribution in [0.5, 0.6) is 0 Å². The van der Waals surface area contributed by atoms with Gasteiger partial charge in [0.2, 0.25) is 0 Å². The predicted octanol–water partition coefficient (Wildman–Crippen LogP) is 2.94. The lowest BCUT2D eigenvalue weighted by Crippen LogP contribution is -2.48. The lowest BCUT2D eigenvalue weighted by atomic mass is 9.93. The molecule has 2 saturated heterocycles. The molecule has 2 heterocycles. The van der Waals surface area contributed by atoms with Gasteiger partial charge in [0, 0.05) is 39.3 Å². The Labute approximate surface area is 171 Å². The highest BCUT2D eigenvalue weighted by molar-refractivity contribution is 5.79. The van der Waals surface area contributed by atoms with E-state index >= 15 is 0 Å². The standard InChI is InChI=1S/C23H39N5/c1-3-27-15-10-20(11-16-27)9-14-25-23(24-2)26-22-12-17-28(18-13-22)19-21-7-5-4-6-8-21/h4-8,20,22H,3,9-19H2,1-2H3,(H2,24,25,26). The van der Waals surface area contributed by atoms with Gasteiger partial charge in [0.25, 0.3) is 0 Å². The Bertz CT molecular complexity index is 572. The number of nitrogens with one attached hydrogen (secondary N) is 2. The minimum absolute atomic E-state index is 0.533. The smallest absolute Gasteiger partial charge is 0.191 e. The molecule has 0 unspecified atom stereocenters. The van der Waals surface area contributed by atoms with Crippen LogP contribution in [0.15, 0.2) is 35.3 Å². The van der Waals surface area contributed by atoms with Crippen molar-refractivity contribution in [2.75, 3.05) is 46.3 Å². The van der Waals surface area contributed by atoms with Gasteiger partial charge in [-0.15, -0.1) is 0 Å². The van der Waals surface area contributed by atoms with Crippen molar-refractivity contribution in [1.29, 1.82) is 0 Å². The van der Waals surface area contributed by atoms with E-state index in [1.807, 2.05) is 7.05 Å². The molecule has 0 bridgehead atoms. The Kier molecular flexibility index (Phi) is 8.62. The number of benzene rings is 1. The highest BCUT2D eigenvalue weighted by atomic mass is 15.2. The van der Waals surface area contributed by atoms with Crippen molar-refractivity contribution in [3.63, 3.8) is 0 Å². The van der Waals surface area contributed by atoms with Gasteiger partial charge < -0.3 is 15.5 Å². The highest BCUT2D eigenvalue weighted by Crippen LogP contribution is 2.19. The van der Waals surface area contributed by atoms with Gasteiger partial charge in [-0.3, -0.25) is 9.89 Å². The van der Waals surface area contributed by atoms with Crippen LogP contribution in [-0.2, 0) is 6.54 Å². The Morgan fingerprint density at radius 2 is 1.68 bits per heavy atom. The highest BCUT2D eigenvalue weighted by Gasteiger charge is 2.21. The number of likely N-dealkylation sites (tertiary alicyclic amines) is 2. The molecule has 1 aromatic rings. The van der Waals surface area contributed by atoms with E-state index in [0.29, 0.717) is 6.04 Å². The third-order valence-electron chi connectivity index (χ3n) is 6.40. The fraction of sp³-hybridized carbons (Fsp3) is 0.696. The molecule has 1 aromatic carbocycles. The van der Waals surface area contributed by atoms with Crippen LogP contribution in [0.2, 0.25) is 0 Å². The van der Waals surface area contributed by atoms with Crippen LogP contribution in [0, 0.1) is 5.92 Å². The molecule has 0 aromatic heterocycles. The van der Waals surface area contributed by atoms with Crippen molar-refractivity contribution in [2.24, 2.45) is 10.9 Å². The molecule has 5 nitrogen and oxygen atoms in total. The number of hydrogen-bond donors (Lipinski definition) is 2. The van der Waals surface area contributed by atoms with Gasteiger partial charge in [0.15, 0.2) is 5.96 Å². The first kappa shape index (κ1) is 21.1. The molecule has 5 heteroatoms. The minimum atomic E-state index is 0.533. The van der Waals surface area contributed by atoms with Gasteiger partial charge in [0.05, 0.1) is 0 Å². The molecule has 2 N–H and O–H groups in total. The summed E-state index contributed by atoms with van der Waals surface area (Å²) in [6.45, 7) is 10.4. The molecular weight excluding hydrogens is 346 g/mol. The molecule has 2 aliphatic heterocycles. The van der Waals surface area contributed by atoms with E-state index in [4.69, 9.17) is 0 Å². The summed E-state index contributed by atoms with van der Waals surface area (Å²) in [6, 6.07) is 11.3. The third kappa shape index (κ3) is 6.78. The van der Waals surface area contributed by atoms with E-state index in [1.165, 1.54) is 57.3 Å². The van der Waals surface area contributed by atoms with Crippen molar-refractivity contribution < 1.29 is 0 Å². The largest absolute Gasteiger partial charge is 0.356 e. The molecule has 28 heavy (non-hydrogen) atoms.